The Hall–Kier alpha value is -2.98. The van der Waals surface area contributed by atoms with Crippen molar-refractivity contribution in [2.45, 2.75) is 52.1 Å². The largest absolute Gasteiger partial charge is 0.460 e. The van der Waals surface area contributed by atoms with Crippen molar-refractivity contribution in [2.24, 2.45) is 5.92 Å². The number of ether oxygens (including phenoxy) is 1. The first-order valence-corrected chi connectivity index (χ1v) is 12.1. The number of nitrogens with two attached hydrogens (primary N) is 1. The summed E-state index contributed by atoms with van der Waals surface area (Å²) in [5.41, 5.74) is 9.68. The lowest BCUT2D eigenvalue weighted by atomic mass is 9.96. The number of nitrogens with zero attached hydrogens (tertiary/aromatic N) is 6. The molecule has 0 aliphatic carbocycles. The number of pyridine rings is 1. The van der Waals surface area contributed by atoms with Crippen LogP contribution in [0.2, 0.25) is 0 Å². The fraction of sp³-hybridized carbons (Fsp3) is 0.583. The molecular formula is C24H36N8O2. The Kier molecular flexibility index (Phi) is 7.79. The van der Waals surface area contributed by atoms with Crippen molar-refractivity contribution in [3.05, 3.63) is 35.3 Å². The van der Waals surface area contributed by atoms with E-state index in [0.29, 0.717) is 18.5 Å². The van der Waals surface area contributed by atoms with Crippen LogP contribution in [0.1, 0.15) is 49.4 Å². The van der Waals surface area contributed by atoms with E-state index in [9.17, 15) is 5.11 Å². The number of fused-ring (bicyclic) bond motifs is 1. The fourth-order valence-electron chi connectivity index (χ4n) is 4.60. The van der Waals surface area contributed by atoms with Gasteiger partial charge in [0.05, 0.1) is 18.0 Å². The number of aromatic nitrogens is 5. The summed E-state index contributed by atoms with van der Waals surface area (Å²) in [5, 5.41) is 17.7. The molecule has 10 heteroatoms. The molecule has 0 saturated carbocycles. The monoisotopic (exact) mass is 468 g/mol. The molecule has 1 unspecified atom stereocenters. The summed E-state index contributed by atoms with van der Waals surface area (Å²) < 4.78 is 7.25. The Morgan fingerprint density at radius 1 is 1.26 bits per heavy atom. The van der Waals surface area contributed by atoms with Crippen molar-refractivity contribution in [3.63, 3.8) is 0 Å². The molecule has 34 heavy (non-hydrogen) atoms. The summed E-state index contributed by atoms with van der Waals surface area (Å²) in [5.74, 6) is 2.06. The third-order valence-electron chi connectivity index (χ3n) is 6.37. The van der Waals surface area contributed by atoms with E-state index in [1.54, 1.807) is 10.7 Å². The van der Waals surface area contributed by atoms with Gasteiger partial charge in [0.25, 0.3) is 0 Å². The van der Waals surface area contributed by atoms with Gasteiger partial charge in [0.15, 0.2) is 11.5 Å². The molecule has 184 valence electrons. The number of nitrogens with one attached hydrogen (secondary N) is 1. The van der Waals surface area contributed by atoms with Crippen LogP contribution in [-0.2, 0) is 6.42 Å². The average Bonchev–Trinajstić information content (AvgIpc) is 3.22. The molecule has 0 amide bonds. The van der Waals surface area contributed by atoms with Crippen LogP contribution in [0.15, 0.2) is 18.5 Å². The molecule has 1 atom stereocenters. The SMILES string of the molecule is CCCC(O)COc1nc(N)c2ncc(Cc3cnc(N4CCC(CNC)CC4)c(C)c3)n2n1. The number of rotatable bonds is 10. The molecule has 3 aromatic rings. The zero-order valence-electron chi connectivity index (χ0n) is 20.4. The highest BCUT2D eigenvalue weighted by molar-refractivity contribution is 5.60. The van der Waals surface area contributed by atoms with Crippen molar-refractivity contribution < 1.29 is 9.84 Å². The summed E-state index contributed by atoms with van der Waals surface area (Å²) in [6.07, 6.45) is 7.64. The second-order valence-corrected chi connectivity index (χ2v) is 9.17. The molecule has 4 rings (SSSR count). The Morgan fingerprint density at radius 2 is 2.06 bits per heavy atom. The summed E-state index contributed by atoms with van der Waals surface area (Å²) in [6, 6.07) is 2.32. The number of hydrogen-bond acceptors (Lipinski definition) is 9. The number of hydrogen-bond donors (Lipinski definition) is 3. The van der Waals surface area contributed by atoms with Crippen LogP contribution in [0, 0.1) is 12.8 Å². The molecule has 4 N–H and O–H groups in total. The predicted molar refractivity (Wildman–Crippen MR) is 132 cm³/mol. The highest BCUT2D eigenvalue weighted by atomic mass is 16.5. The van der Waals surface area contributed by atoms with E-state index in [2.05, 4.69) is 38.3 Å². The van der Waals surface area contributed by atoms with E-state index < -0.39 is 6.10 Å². The molecule has 1 saturated heterocycles. The summed E-state index contributed by atoms with van der Waals surface area (Å²) >= 11 is 0. The molecule has 1 aliphatic heterocycles. The van der Waals surface area contributed by atoms with Gasteiger partial charge in [-0.3, -0.25) is 0 Å². The van der Waals surface area contributed by atoms with Crippen LogP contribution in [0.25, 0.3) is 5.65 Å². The molecular weight excluding hydrogens is 432 g/mol. The van der Waals surface area contributed by atoms with Crippen molar-refractivity contribution in [1.29, 1.82) is 0 Å². The maximum atomic E-state index is 9.94. The number of imidazole rings is 1. The molecule has 0 radical (unpaired) electrons. The van der Waals surface area contributed by atoms with Crippen LogP contribution in [-0.4, -0.2) is 69.1 Å². The minimum absolute atomic E-state index is 0.125. The number of anilines is 2. The lowest BCUT2D eigenvalue weighted by molar-refractivity contribution is 0.0935. The quantitative estimate of drug-likeness (QED) is 0.409. The lowest BCUT2D eigenvalue weighted by Gasteiger charge is -2.33. The van der Waals surface area contributed by atoms with E-state index in [4.69, 9.17) is 15.5 Å². The minimum Gasteiger partial charge on any atom is -0.460 e. The highest BCUT2D eigenvalue weighted by Gasteiger charge is 2.21. The second kappa shape index (κ2) is 11.0. The van der Waals surface area contributed by atoms with Gasteiger partial charge in [-0.2, -0.15) is 4.98 Å². The fourth-order valence-corrected chi connectivity index (χ4v) is 4.60. The maximum absolute atomic E-state index is 9.94. The van der Waals surface area contributed by atoms with E-state index >= 15 is 0 Å². The van der Waals surface area contributed by atoms with Gasteiger partial charge in [-0.1, -0.05) is 19.4 Å². The average molecular weight is 469 g/mol. The molecule has 1 aliphatic rings. The van der Waals surface area contributed by atoms with Gasteiger partial charge in [-0.25, -0.2) is 14.5 Å². The topological polar surface area (TPSA) is 127 Å². The standard InChI is InChI=1S/C24H36N8O2/c1-4-5-20(33)15-34-24-29-21(25)23-28-14-19(32(23)30-24)11-18-10-16(2)22(27-13-18)31-8-6-17(7-9-31)12-26-3/h10,13-14,17,20,26,33H,4-9,11-12,15H2,1-3H3,(H2,25,29,30). The number of aliphatic hydroxyl groups excluding tert-OH is 1. The third kappa shape index (κ3) is 5.56. The minimum atomic E-state index is -0.561. The van der Waals surface area contributed by atoms with E-state index in [-0.39, 0.29) is 18.4 Å². The van der Waals surface area contributed by atoms with Crippen LogP contribution in [0.3, 0.4) is 0 Å². The van der Waals surface area contributed by atoms with Crippen LogP contribution >= 0.6 is 0 Å². The van der Waals surface area contributed by atoms with E-state index in [1.165, 1.54) is 18.4 Å². The molecule has 0 spiro atoms. The lowest BCUT2D eigenvalue weighted by Crippen LogP contribution is -2.37. The zero-order chi connectivity index (χ0) is 24.1. The zero-order valence-corrected chi connectivity index (χ0v) is 20.4. The van der Waals surface area contributed by atoms with Gasteiger partial charge < -0.3 is 25.8 Å². The van der Waals surface area contributed by atoms with Crippen LogP contribution < -0.4 is 20.7 Å². The van der Waals surface area contributed by atoms with Crippen LogP contribution in [0.4, 0.5) is 11.6 Å². The molecule has 10 nitrogen and oxygen atoms in total. The normalized spacial score (nSPS) is 15.7. The molecule has 4 heterocycles. The van der Waals surface area contributed by atoms with Gasteiger partial charge in [-0.15, -0.1) is 5.10 Å². The third-order valence-corrected chi connectivity index (χ3v) is 6.37. The number of aliphatic hydroxyl groups is 1. The van der Waals surface area contributed by atoms with E-state index in [0.717, 1.165) is 49.0 Å². The van der Waals surface area contributed by atoms with Gasteiger partial charge >= 0.3 is 6.01 Å². The van der Waals surface area contributed by atoms with Crippen molar-refractivity contribution >= 4 is 17.3 Å². The summed E-state index contributed by atoms with van der Waals surface area (Å²) in [4.78, 5) is 15.8. The molecule has 0 bridgehead atoms. The van der Waals surface area contributed by atoms with Crippen molar-refractivity contribution in [2.75, 3.05) is 43.9 Å². The second-order valence-electron chi connectivity index (χ2n) is 9.17. The van der Waals surface area contributed by atoms with Gasteiger partial charge in [0.2, 0.25) is 0 Å². The maximum Gasteiger partial charge on any atom is 0.336 e. The Labute approximate surface area is 200 Å². The number of aryl methyl sites for hydroxylation is 1. The van der Waals surface area contributed by atoms with Crippen molar-refractivity contribution in [3.8, 4) is 6.01 Å². The first-order valence-electron chi connectivity index (χ1n) is 12.1. The summed E-state index contributed by atoms with van der Waals surface area (Å²) in [7, 11) is 2.02. The predicted octanol–water partition coefficient (Wildman–Crippen LogP) is 1.98. The van der Waals surface area contributed by atoms with Gasteiger partial charge in [0, 0.05) is 25.7 Å². The van der Waals surface area contributed by atoms with E-state index in [1.807, 2.05) is 20.2 Å². The van der Waals surface area contributed by atoms with Crippen LogP contribution in [0.5, 0.6) is 6.01 Å². The summed E-state index contributed by atoms with van der Waals surface area (Å²) in [6.45, 7) is 7.42. The number of nitrogen functional groups attached to an aromatic ring is 1. The van der Waals surface area contributed by atoms with Gasteiger partial charge in [0.1, 0.15) is 12.4 Å². The Morgan fingerprint density at radius 3 is 2.76 bits per heavy atom. The molecule has 3 aromatic heterocycles. The smallest absolute Gasteiger partial charge is 0.336 e. The van der Waals surface area contributed by atoms with Gasteiger partial charge in [-0.05, 0) is 56.8 Å². The highest BCUT2D eigenvalue weighted by Crippen LogP contribution is 2.25. The Bertz CT molecular complexity index is 1090. The molecule has 1 fully saturated rings. The number of piperidine rings is 1. The first-order chi connectivity index (χ1) is 16.5. The first kappa shape index (κ1) is 24.2. The Balaban J connectivity index is 1.47. The molecule has 0 aromatic carbocycles. The van der Waals surface area contributed by atoms with Crippen molar-refractivity contribution in [1.82, 2.24) is 29.9 Å².